The van der Waals surface area contributed by atoms with E-state index in [4.69, 9.17) is 26.8 Å². The lowest BCUT2D eigenvalue weighted by Gasteiger charge is -2.28. The number of methoxy groups -OCH3 is 1. The summed E-state index contributed by atoms with van der Waals surface area (Å²) in [5.41, 5.74) is 7.67. The van der Waals surface area contributed by atoms with E-state index in [1.165, 1.54) is 19.2 Å². The molecular formula is C24H26ClFN4O3. The van der Waals surface area contributed by atoms with E-state index in [1.807, 2.05) is 20.8 Å². The molecule has 1 atom stereocenters. The van der Waals surface area contributed by atoms with Gasteiger partial charge in [0.1, 0.15) is 18.2 Å². The molecule has 0 spiro atoms. The number of nitrogens with two attached hydrogens (primary N) is 1. The van der Waals surface area contributed by atoms with Crippen LogP contribution >= 0.6 is 11.6 Å². The molecule has 4 aromatic rings. The maximum Gasteiger partial charge on any atom is 0.169 e. The smallest absolute Gasteiger partial charge is 0.169 e. The number of hydrogen-bond acceptors (Lipinski definition) is 6. The number of nitrogens with zero attached hydrogens (tertiary/aromatic N) is 2. The number of phenolic OH excluding ortho intramolecular Hbond substituents is 1. The lowest BCUT2D eigenvalue weighted by Crippen LogP contribution is -2.40. The van der Waals surface area contributed by atoms with E-state index in [2.05, 4.69) is 15.2 Å². The van der Waals surface area contributed by atoms with Crippen LogP contribution in [0.5, 0.6) is 17.2 Å². The Bertz CT molecular complexity index is 1360. The van der Waals surface area contributed by atoms with Crippen molar-refractivity contribution >= 4 is 33.4 Å². The maximum atomic E-state index is 16.0. The Labute approximate surface area is 195 Å². The molecule has 2 heterocycles. The summed E-state index contributed by atoms with van der Waals surface area (Å²) in [7, 11) is 1.51. The molecule has 0 saturated carbocycles. The van der Waals surface area contributed by atoms with Gasteiger partial charge in [-0.15, -0.1) is 0 Å². The van der Waals surface area contributed by atoms with E-state index < -0.39 is 5.82 Å². The summed E-state index contributed by atoms with van der Waals surface area (Å²) < 4.78 is 27.8. The predicted molar refractivity (Wildman–Crippen MR) is 128 cm³/mol. The predicted octanol–water partition coefficient (Wildman–Crippen LogP) is 5.35. The molecule has 0 amide bonds. The molecule has 7 nitrogen and oxygen atoms in total. The second-order valence-electron chi connectivity index (χ2n) is 9.09. The molecule has 0 saturated heterocycles. The van der Waals surface area contributed by atoms with Crippen LogP contribution in [0.3, 0.4) is 0 Å². The molecule has 0 aliphatic carbocycles. The van der Waals surface area contributed by atoms with Gasteiger partial charge in [0.15, 0.2) is 17.1 Å². The number of phenols is 1. The Morgan fingerprint density at radius 1 is 1.24 bits per heavy atom. The monoisotopic (exact) mass is 472 g/mol. The molecule has 0 fully saturated rings. The van der Waals surface area contributed by atoms with Crippen LogP contribution in [0.1, 0.15) is 26.3 Å². The average molecular weight is 473 g/mol. The van der Waals surface area contributed by atoms with Gasteiger partial charge in [-0.1, -0.05) is 32.4 Å². The minimum Gasteiger partial charge on any atom is -0.506 e. The average Bonchev–Trinajstić information content (AvgIpc) is 3.24. The van der Waals surface area contributed by atoms with Crippen molar-refractivity contribution in [2.45, 2.75) is 33.7 Å². The quantitative estimate of drug-likeness (QED) is 0.361. The third-order valence-corrected chi connectivity index (χ3v) is 6.17. The van der Waals surface area contributed by atoms with Crippen molar-refractivity contribution < 1.29 is 19.0 Å². The summed E-state index contributed by atoms with van der Waals surface area (Å²) >= 11 is 6.13. The summed E-state index contributed by atoms with van der Waals surface area (Å²) in [4.78, 5) is 4.60. The van der Waals surface area contributed by atoms with E-state index in [9.17, 15) is 5.11 Å². The minimum absolute atomic E-state index is 0.0764. The Hall–Kier alpha value is -3.10. The number of halogens is 2. The Kier molecular flexibility index (Phi) is 5.84. The van der Waals surface area contributed by atoms with Crippen LogP contribution in [0.25, 0.3) is 33.1 Å². The van der Waals surface area contributed by atoms with Gasteiger partial charge in [0.2, 0.25) is 0 Å². The molecule has 0 aliphatic heterocycles. The summed E-state index contributed by atoms with van der Waals surface area (Å²) in [5, 5.41) is 18.2. The molecule has 174 valence electrons. The van der Waals surface area contributed by atoms with Crippen LogP contribution in [0.15, 0.2) is 24.4 Å². The van der Waals surface area contributed by atoms with Crippen molar-refractivity contribution in [1.29, 1.82) is 0 Å². The van der Waals surface area contributed by atoms with Gasteiger partial charge in [0.05, 0.1) is 29.4 Å². The third kappa shape index (κ3) is 3.94. The highest BCUT2D eigenvalue weighted by Gasteiger charge is 2.27. The van der Waals surface area contributed by atoms with Crippen molar-refractivity contribution in [3.8, 4) is 28.5 Å². The van der Waals surface area contributed by atoms with Crippen LogP contribution in [0.4, 0.5) is 4.39 Å². The van der Waals surface area contributed by atoms with Crippen LogP contribution in [-0.2, 0) is 0 Å². The third-order valence-electron chi connectivity index (χ3n) is 5.87. The van der Waals surface area contributed by atoms with Gasteiger partial charge < -0.3 is 20.3 Å². The molecule has 4 N–H and O–H groups in total. The van der Waals surface area contributed by atoms with Gasteiger partial charge in [-0.05, 0) is 30.5 Å². The second kappa shape index (κ2) is 8.35. The van der Waals surface area contributed by atoms with Crippen molar-refractivity contribution in [1.82, 2.24) is 15.2 Å². The van der Waals surface area contributed by atoms with Gasteiger partial charge in [-0.25, -0.2) is 9.37 Å². The van der Waals surface area contributed by atoms with Crippen molar-refractivity contribution in [3.63, 3.8) is 0 Å². The molecule has 2 aromatic heterocycles. The van der Waals surface area contributed by atoms with Gasteiger partial charge in [0, 0.05) is 27.9 Å². The largest absolute Gasteiger partial charge is 0.506 e. The number of hydrogen-bond donors (Lipinski definition) is 3. The molecular weight excluding hydrogens is 447 g/mol. The number of aromatic hydroxyl groups is 1. The number of aromatic nitrogens is 3. The van der Waals surface area contributed by atoms with Crippen LogP contribution in [0, 0.1) is 18.2 Å². The lowest BCUT2D eigenvalue weighted by molar-refractivity contribution is 0.199. The number of nitrogens with one attached hydrogen (secondary N) is 1. The lowest BCUT2D eigenvalue weighted by atomic mass is 9.88. The van der Waals surface area contributed by atoms with Gasteiger partial charge in [0.25, 0.3) is 0 Å². The zero-order valence-electron chi connectivity index (χ0n) is 19.1. The fraction of sp³-hybridized carbons (Fsp3) is 0.333. The topological polar surface area (TPSA) is 106 Å². The normalized spacial score (nSPS) is 13.0. The highest BCUT2D eigenvalue weighted by Crippen LogP contribution is 2.47. The molecule has 0 aliphatic rings. The highest BCUT2D eigenvalue weighted by molar-refractivity contribution is 6.32. The number of ether oxygens (including phenoxy) is 2. The number of aromatic amines is 1. The first-order valence-electron chi connectivity index (χ1n) is 10.4. The number of fused-ring (bicyclic) bond motifs is 3. The first-order valence-corrected chi connectivity index (χ1v) is 10.8. The number of benzene rings is 2. The van der Waals surface area contributed by atoms with Crippen molar-refractivity contribution in [2.75, 3.05) is 13.7 Å². The number of H-pyrrole nitrogens is 1. The van der Waals surface area contributed by atoms with Gasteiger partial charge >= 0.3 is 0 Å². The standard InChI is InChI=1S/C24H26ClFN4O3/c1-11-19(26)18-17(22(32-5)21(11)33-10-16(27)24(2,3)4)13-9-28-30-23(13)29-20(18)12-6-7-15(31)14(25)8-12/h6-9,16,31H,10,27H2,1-5H3,(H,28,29,30)/t16-/m0/s1. The van der Waals surface area contributed by atoms with E-state index in [-0.39, 0.29) is 45.5 Å². The maximum absolute atomic E-state index is 16.0. The first-order chi connectivity index (χ1) is 15.5. The molecule has 0 unspecified atom stereocenters. The molecule has 4 rings (SSSR count). The number of rotatable bonds is 5. The van der Waals surface area contributed by atoms with E-state index in [1.54, 1.807) is 19.2 Å². The molecule has 33 heavy (non-hydrogen) atoms. The van der Waals surface area contributed by atoms with Crippen LogP contribution < -0.4 is 15.2 Å². The van der Waals surface area contributed by atoms with Crippen molar-refractivity contribution in [2.24, 2.45) is 11.1 Å². The first kappa shape index (κ1) is 23.1. The molecule has 0 radical (unpaired) electrons. The Balaban J connectivity index is 2.03. The highest BCUT2D eigenvalue weighted by atomic mass is 35.5. The fourth-order valence-electron chi connectivity index (χ4n) is 3.64. The molecule has 9 heteroatoms. The summed E-state index contributed by atoms with van der Waals surface area (Å²) in [6.07, 6.45) is 1.57. The van der Waals surface area contributed by atoms with Gasteiger partial charge in [-0.3, -0.25) is 5.10 Å². The van der Waals surface area contributed by atoms with E-state index >= 15 is 4.39 Å². The Morgan fingerprint density at radius 2 is 1.97 bits per heavy atom. The summed E-state index contributed by atoms with van der Waals surface area (Å²) in [6.45, 7) is 7.86. The Morgan fingerprint density at radius 3 is 2.61 bits per heavy atom. The molecule has 0 bridgehead atoms. The van der Waals surface area contributed by atoms with Gasteiger partial charge in [-0.2, -0.15) is 5.10 Å². The van der Waals surface area contributed by atoms with Crippen molar-refractivity contribution in [3.05, 3.63) is 40.8 Å². The fourth-order valence-corrected chi connectivity index (χ4v) is 3.82. The summed E-state index contributed by atoms with van der Waals surface area (Å²) in [6, 6.07) is 4.32. The number of pyridine rings is 1. The van der Waals surface area contributed by atoms with Crippen LogP contribution in [-0.4, -0.2) is 40.0 Å². The molecule has 2 aromatic carbocycles. The summed E-state index contributed by atoms with van der Waals surface area (Å²) in [5.74, 6) is 0.0721. The zero-order chi connectivity index (χ0) is 24.1. The zero-order valence-corrected chi connectivity index (χ0v) is 19.8. The van der Waals surface area contributed by atoms with E-state index in [0.29, 0.717) is 33.4 Å². The second-order valence-corrected chi connectivity index (χ2v) is 9.50. The van der Waals surface area contributed by atoms with Crippen LogP contribution in [0.2, 0.25) is 5.02 Å². The van der Waals surface area contributed by atoms with E-state index in [0.717, 1.165) is 0 Å². The minimum atomic E-state index is -0.500. The SMILES string of the molecule is COc1c(OC[C@H](N)C(C)(C)C)c(C)c(F)c2c(-c3ccc(O)c(Cl)c3)nc3[nH]ncc3c12.